The quantitative estimate of drug-likeness (QED) is 0.824. The van der Waals surface area contributed by atoms with Crippen molar-refractivity contribution in [1.29, 1.82) is 0 Å². The van der Waals surface area contributed by atoms with E-state index in [2.05, 4.69) is 17.1 Å². The molecule has 0 spiro atoms. The molecule has 0 aromatic heterocycles. The lowest BCUT2D eigenvalue weighted by molar-refractivity contribution is 0.160. The minimum atomic E-state index is 0.817. The summed E-state index contributed by atoms with van der Waals surface area (Å²) in [4.78, 5) is 2.73. The van der Waals surface area contributed by atoms with E-state index >= 15 is 0 Å². The first-order chi connectivity index (χ1) is 8.86. The topological polar surface area (TPSA) is 15.3 Å². The van der Waals surface area contributed by atoms with Crippen molar-refractivity contribution < 1.29 is 0 Å². The van der Waals surface area contributed by atoms with E-state index < -0.39 is 0 Å². The Kier molecular flexibility index (Phi) is 4.25. The first kappa shape index (κ1) is 12.9. The normalized spacial score (nSPS) is 35.8. The standard InChI is InChI=1S/C16H30N2/c1-2-13-5-3-4-6-16(13)17-14-9-11-18(12-10-14)15-7-8-15/h13-17H,2-12H2,1H3. The van der Waals surface area contributed by atoms with Crippen molar-refractivity contribution in [2.24, 2.45) is 5.92 Å². The predicted octanol–water partition coefficient (Wildman–Crippen LogP) is 3.17. The summed E-state index contributed by atoms with van der Waals surface area (Å²) in [7, 11) is 0. The van der Waals surface area contributed by atoms with E-state index in [9.17, 15) is 0 Å². The molecule has 1 N–H and O–H groups in total. The van der Waals surface area contributed by atoms with E-state index in [-0.39, 0.29) is 0 Å². The molecule has 1 aliphatic heterocycles. The maximum absolute atomic E-state index is 4.01. The number of nitrogens with zero attached hydrogens (tertiary/aromatic N) is 1. The second kappa shape index (κ2) is 5.92. The lowest BCUT2D eigenvalue weighted by Crippen LogP contribution is -2.49. The average molecular weight is 250 g/mol. The van der Waals surface area contributed by atoms with E-state index in [1.807, 2.05) is 0 Å². The minimum Gasteiger partial charge on any atom is -0.311 e. The Morgan fingerprint density at radius 3 is 2.33 bits per heavy atom. The smallest absolute Gasteiger partial charge is 0.00978 e. The van der Waals surface area contributed by atoms with Gasteiger partial charge in [-0.2, -0.15) is 0 Å². The summed E-state index contributed by atoms with van der Waals surface area (Å²) in [6.07, 6.45) is 12.9. The molecule has 104 valence electrons. The number of likely N-dealkylation sites (tertiary alicyclic amines) is 1. The molecule has 0 aromatic rings. The number of rotatable bonds is 4. The molecule has 3 fully saturated rings. The van der Waals surface area contributed by atoms with E-state index in [0.29, 0.717) is 0 Å². The molecule has 2 heteroatoms. The molecule has 1 saturated heterocycles. The van der Waals surface area contributed by atoms with Crippen molar-refractivity contribution in [3.05, 3.63) is 0 Å². The molecular formula is C16H30N2. The molecule has 0 amide bonds. The predicted molar refractivity (Wildman–Crippen MR) is 76.8 cm³/mol. The van der Waals surface area contributed by atoms with E-state index in [4.69, 9.17) is 0 Å². The van der Waals surface area contributed by atoms with Gasteiger partial charge in [0.1, 0.15) is 0 Å². The second-order valence-corrected chi connectivity index (χ2v) is 6.77. The first-order valence-electron chi connectivity index (χ1n) is 8.37. The molecule has 18 heavy (non-hydrogen) atoms. The van der Waals surface area contributed by atoms with Gasteiger partial charge in [0, 0.05) is 18.1 Å². The highest BCUT2D eigenvalue weighted by Crippen LogP contribution is 2.31. The van der Waals surface area contributed by atoms with Crippen LogP contribution in [-0.2, 0) is 0 Å². The molecule has 0 aromatic carbocycles. The summed E-state index contributed by atoms with van der Waals surface area (Å²) in [6, 6.07) is 2.63. The van der Waals surface area contributed by atoms with Gasteiger partial charge >= 0.3 is 0 Å². The number of piperidine rings is 1. The van der Waals surface area contributed by atoms with Crippen LogP contribution >= 0.6 is 0 Å². The van der Waals surface area contributed by atoms with Crippen molar-refractivity contribution in [2.75, 3.05) is 13.1 Å². The third kappa shape index (κ3) is 3.08. The monoisotopic (exact) mass is 250 g/mol. The van der Waals surface area contributed by atoms with Gasteiger partial charge in [-0.1, -0.05) is 26.2 Å². The maximum atomic E-state index is 4.01. The highest BCUT2D eigenvalue weighted by molar-refractivity contribution is 4.91. The van der Waals surface area contributed by atoms with Crippen LogP contribution in [0.3, 0.4) is 0 Å². The summed E-state index contributed by atoms with van der Waals surface area (Å²) < 4.78 is 0. The fourth-order valence-electron chi connectivity index (χ4n) is 4.09. The first-order valence-corrected chi connectivity index (χ1v) is 8.37. The van der Waals surface area contributed by atoms with Gasteiger partial charge < -0.3 is 10.2 Å². The molecule has 0 radical (unpaired) electrons. The molecule has 3 aliphatic rings. The fourth-order valence-corrected chi connectivity index (χ4v) is 4.09. The Morgan fingerprint density at radius 2 is 1.67 bits per heavy atom. The third-order valence-corrected chi connectivity index (χ3v) is 5.48. The Hall–Kier alpha value is -0.0800. The second-order valence-electron chi connectivity index (χ2n) is 6.77. The molecule has 3 rings (SSSR count). The summed E-state index contributed by atoms with van der Waals surface area (Å²) >= 11 is 0. The van der Waals surface area contributed by atoms with Crippen LogP contribution < -0.4 is 5.32 Å². The molecule has 0 bridgehead atoms. The van der Waals surface area contributed by atoms with Crippen LogP contribution in [0.25, 0.3) is 0 Å². The van der Waals surface area contributed by atoms with Crippen LogP contribution in [0.15, 0.2) is 0 Å². The molecule has 2 saturated carbocycles. The van der Waals surface area contributed by atoms with Gasteiger partial charge in [0.25, 0.3) is 0 Å². The summed E-state index contributed by atoms with van der Waals surface area (Å²) in [5.41, 5.74) is 0. The summed E-state index contributed by atoms with van der Waals surface area (Å²) in [5, 5.41) is 4.01. The largest absolute Gasteiger partial charge is 0.311 e. The fraction of sp³-hybridized carbons (Fsp3) is 1.00. The van der Waals surface area contributed by atoms with Gasteiger partial charge in [-0.25, -0.2) is 0 Å². The third-order valence-electron chi connectivity index (χ3n) is 5.48. The molecular weight excluding hydrogens is 220 g/mol. The molecule has 2 atom stereocenters. The maximum Gasteiger partial charge on any atom is 0.00978 e. The van der Waals surface area contributed by atoms with Crippen LogP contribution in [0.5, 0.6) is 0 Å². The number of hydrogen-bond acceptors (Lipinski definition) is 2. The van der Waals surface area contributed by atoms with Crippen LogP contribution in [-0.4, -0.2) is 36.1 Å². The van der Waals surface area contributed by atoms with Gasteiger partial charge in [-0.05, 0) is 57.5 Å². The molecule has 1 heterocycles. The lowest BCUT2D eigenvalue weighted by Gasteiger charge is -2.38. The number of hydrogen-bond donors (Lipinski definition) is 1. The van der Waals surface area contributed by atoms with Gasteiger partial charge in [0.05, 0.1) is 0 Å². The van der Waals surface area contributed by atoms with Crippen LogP contribution in [0.1, 0.15) is 64.7 Å². The zero-order chi connectivity index (χ0) is 12.4. The highest BCUT2D eigenvalue weighted by Gasteiger charge is 2.33. The van der Waals surface area contributed by atoms with E-state index in [1.165, 1.54) is 70.9 Å². The van der Waals surface area contributed by atoms with Crippen molar-refractivity contribution >= 4 is 0 Å². The minimum absolute atomic E-state index is 0.817. The van der Waals surface area contributed by atoms with Gasteiger partial charge in [0.2, 0.25) is 0 Å². The Bertz CT molecular complexity index is 254. The Morgan fingerprint density at radius 1 is 0.944 bits per heavy atom. The molecule has 2 nitrogen and oxygen atoms in total. The Balaban J connectivity index is 1.44. The van der Waals surface area contributed by atoms with Crippen LogP contribution in [0, 0.1) is 5.92 Å². The van der Waals surface area contributed by atoms with Crippen molar-refractivity contribution in [1.82, 2.24) is 10.2 Å². The number of nitrogens with one attached hydrogen (secondary N) is 1. The average Bonchev–Trinajstić information content (AvgIpc) is 3.25. The van der Waals surface area contributed by atoms with E-state index in [1.54, 1.807) is 0 Å². The summed E-state index contributed by atoms with van der Waals surface area (Å²) in [5.74, 6) is 0.959. The van der Waals surface area contributed by atoms with Gasteiger partial charge in [-0.15, -0.1) is 0 Å². The van der Waals surface area contributed by atoms with Gasteiger partial charge in [0.15, 0.2) is 0 Å². The molecule has 2 unspecified atom stereocenters. The van der Waals surface area contributed by atoms with Crippen LogP contribution in [0.2, 0.25) is 0 Å². The van der Waals surface area contributed by atoms with Crippen molar-refractivity contribution in [3.63, 3.8) is 0 Å². The zero-order valence-electron chi connectivity index (χ0n) is 12.0. The SMILES string of the molecule is CCC1CCCCC1NC1CCN(C2CC2)CC1. The lowest BCUT2D eigenvalue weighted by atomic mass is 9.82. The van der Waals surface area contributed by atoms with Crippen LogP contribution in [0.4, 0.5) is 0 Å². The summed E-state index contributed by atoms with van der Waals surface area (Å²) in [6.45, 7) is 5.08. The van der Waals surface area contributed by atoms with Crippen molar-refractivity contribution in [2.45, 2.75) is 82.8 Å². The van der Waals surface area contributed by atoms with Crippen molar-refractivity contribution in [3.8, 4) is 0 Å². The Labute approximate surface area is 113 Å². The van der Waals surface area contributed by atoms with Gasteiger partial charge in [-0.3, -0.25) is 0 Å². The molecule has 2 aliphatic carbocycles. The zero-order valence-corrected chi connectivity index (χ0v) is 12.0. The highest BCUT2D eigenvalue weighted by atomic mass is 15.2. The van der Waals surface area contributed by atoms with E-state index in [0.717, 1.165) is 24.0 Å².